The largest absolute Gasteiger partial charge is 0.465 e. The van der Waals surface area contributed by atoms with Gasteiger partial charge in [0.05, 0.1) is 29.4 Å². The molecule has 8 nitrogen and oxygen atoms in total. The summed E-state index contributed by atoms with van der Waals surface area (Å²) in [7, 11) is 0. The van der Waals surface area contributed by atoms with Crippen molar-refractivity contribution in [3.8, 4) is 0 Å². The van der Waals surface area contributed by atoms with E-state index in [0.29, 0.717) is 11.4 Å². The first-order valence-electron chi connectivity index (χ1n) is 11.9. The zero-order valence-electron chi connectivity index (χ0n) is 19.6. The van der Waals surface area contributed by atoms with Crippen LogP contribution in [0, 0.1) is 17.8 Å². The molecule has 0 saturated heterocycles. The summed E-state index contributed by atoms with van der Waals surface area (Å²) >= 11 is 0. The number of amides is 2. The van der Waals surface area contributed by atoms with E-state index < -0.39 is 48.5 Å². The van der Waals surface area contributed by atoms with Crippen LogP contribution in [-0.2, 0) is 4.79 Å². The summed E-state index contributed by atoms with van der Waals surface area (Å²) in [6.07, 6.45) is -2.05. The summed E-state index contributed by atoms with van der Waals surface area (Å²) in [4.78, 5) is 32.7. The van der Waals surface area contributed by atoms with Crippen LogP contribution in [0.5, 0.6) is 0 Å². The molecule has 0 bridgehead atoms. The highest BCUT2D eigenvalue weighted by molar-refractivity contribution is 5.76. The molecule has 198 valence electrons. The van der Waals surface area contributed by atoms with E-state index in [2.05, 4.69) is 20.6 Å². The van der Waals surface area contributed by atoms with Crippen LogP contribution in [-0.4, -0.2) is 43.6 Å². The molecule has 0 aliphatic heterocycles. The number of carboxylic acid groups (broad SMARTS) is 1. The molecule has 0 spiro atoms. The van der Waals surface area contributed by atoms with E-state index in [1.807, 2.05) is 0 Å². The topological polar surface area (TPSA) is 109 Å². The first kappa shape index (κ1) is 26.1. The van der Waals surface area contributed by atoms with Gasteiger partial charge in [0.25, 0.3) is 0 Å². The number of nitrogens with one attached hydrogen (secondary N) is 2. The van der Waals surface area contributed by atoms with Crippen LogP contribution >= 0.6 is 0 Å². The fraction of sp³-hybridized carbons (Fsp3) is 0.652. The summed E-state index contributed by atoms with van der Waals surface area (Å²) in [6, 6.07) is 0.263. The first-order valence-corrected chi connectivity index (χ1v) is 11.9. The summed E-state index contributed by atoms with van der Waals surface area (Å²) in [5.74, 6) is -5.36. The van der Waals surface area contributed by atoms with Crippen molar-refractivity contribution >= 4 is 17.8 Å². The van der Waals surface area contributed by atoms with Gasteiger partial charge in [-0.05, 0) is 43.6 Å². The van der Waals surface area contributed by atoms with Crippen molar-refractivity contribution in [2.45, 2.75) is 76.1 Å². The van der Waals surface area contributed by atoms with E-state index in [9.17, 15) is 36.6 Å². The van der Waals surface area contributed by atoms with E-state index in [4.69, 9.17) is 0 Å². The number of rotatable bonds is 8. The molecule has 2 amide bonds. The van der Waals surface area contributed by atoms with Crippen molar-refractivity contribution in [2.75, 3.05) is 0 Å². The van der Waals surface area contributed by atoms with Crippen molar-refractivity contribution in [3.05, 3.63) is 29.8 Å². The van der Waals surface area contributed by atoms with Gasteiger partial charge in [0.15, 0.2) is 0 Å². The zero-order chi connectivity index (χ0) is 26.3. The second-order valence-corrected chi connectivity index (χ2v) is 9.88. The van der Waals surface area contributed by atoms with Crippen LogP contribution in [0.25, 0.3) is 5.78 Å². The molecule has 2 aromatic rings. The van der Waals surface area contributed by atoms with Gasteiger partial charge in [0, 0.05) is 31.7 Å². The lowest BCUT2D eigenvalue weighted by Gasteiger charge is -2.32. The molecular weight excluding hydrogens is 489 g/mol. The molecule has 0 radical (unpaired) electrons. The maximum absolute atomic E-state index is 13.6. The van der Waals surface area contributed by atoms with Gasteiger partial charge < -0.3 is 15.7 Å². The van der Waals surface area contributed by atoms with E-state index in [1.165, 1.54) is 0 Å². The molecule has 36 heavy (non-hydrogen) atoms. The van der Waals surface area contributed by atoms with E-state index in [0.717, 1.165) is 19.8 Å². The number of hydrogen-bond acceptors (Lipinski definition) is 4. The van der Waals surface area contributed by atoms with Crippen molar-refractivity contribution < 1.29 is 36.6 Å². The number of fused-ring (bicyclic) bond motifs is 1. The smallest absolute Gasteiger partial charge is 0.405 e. The van der Waals surface area contributed by atoms with Gasteiger partial charge in [-0.1, -0.05) is 6.92 Å². The SMILES string of the molecule is CC(CC(=O)NC(c1ccn2cc([C@@H](NC(=O)O)C3CCC(F)(F)CC3)nc2n1)C1CC1)C(F)(F)F. The van der Waals surface area contributed by atoms with Crippen molar-refractivity contribution in [3.63, 3.8) is 0 Å². The Labute approximate surface area is 203 Å². The average Bonchev–Trinajstić information content (AvgIpc) is 3.53. The summed E-state index contributed by atoms with van der Waals surface area (Å²) in [5.41, 5.74) is 0.776. The van der Waals surface area contributed by atoms with E-state index >= 15 is 0 Å². The van der Waals surface area contributed by atoms with Crippen LogP contribution in [0.2, 0.25) is 0 Å². The Hall–Kier alpha value is -2.99. The zero-order valence-corrected chi connectivity index (χ0v) is 19.6. The van der Waals surface area contributed by atoms with Gasteiger partial charge in [0.1, 0.15) is 0 Å². The molecule has 2 heterocycles. The van der Waals surface area contributed by atoms with Gasteiger partial charge in [0.2, 0.25) is 17.6 Å². The molecule has 3 N–H and O–H groups in total. The van der Waals surface area contributed by atoms with Crippen LogP contribution in [0.4, 0.5) is 26.7 Å². The predicted molar refractivity (Wildman–Crippen MR) is 117 cm³/mol. The molecule has 2 aliphatic rings. The second-order valence-electron chi connectivity index (χ2n) is 9.88. The molecule has 3 atom stereocenters. The third-order valence-electron chi connectivity index (χ3n) is 6.98. The quantitative estimate of drug-likeness (QED) is 0.426. The fourth-order valence-corrected chi connectivity index (χ4v) is 4.68. The van der Waals surface area contributed by atoms with Crippen LogP contribution < -0.4 is 10.6 Å². The molecule has 2 saturated carbocycles. The second kappa shape index (κ2) is 9.81. The minimum absolute atomic E-state index is 0.0462. The van der Waals surface area contributed by atoms with E-state index in [1.54, 1.807) is 22.9 Å². The maximum Gasteiger partial charge on any atom is 0.405 e. The van der Waals surface area contributed by atoms with Gasteiger partial charge in [-0.15, -0.1) is 0 Å². The molecule has 2 unspecified atom stereocenters. The lowest BCUT2D eigenvalue weighted by Crippen LogP contribution is -2.36. The van der Waals surface area contributed by atoms with Crippen molar-refractivity contribution in [1.29, 1.82) is 0 Å². The third kappa shape index (κ3) is 6.22. The lowest BCUT2D eigenvalue weighted by atomic mass is 9.81. The van der Waals surface area contributed by atoms with Gasteiger partial charge in [-0.25, -0.2) is 23.5 Å². The monoisotopic (exact) mass is 517 g/mol. The molecule has 13 heteroatoms. The van der Waals surface area contributed by atoms with Crippen molar-refractivity contribution in [2.24, 2.45) is 17.8 Å². The number of alkyl halides is 5. The molecule has 2 aliphatic carbocycles. The lowest BCUT2D eigenvalue weighted by molar-refractivity contribution is -0.174. The number of nitrogens with zero attached hydrogens (tertiary/aromatic N) is 3. The Morgan fingerprint density at radius 2 is 1.67 bits per heavy atom. The van der Waals surface area contributed by atoms with Gasteiger partial charge >= 0.3 is 12.3 Å². The predicted octanol–water partition coefficient (Wildman–Crippen LogP) is 5.02. The van der Waals surface area contributed by atoms with Crippen LogP contribution in [0.3, 0.4) is 0 Å². The molecule has 2 aromatic heterocycles. The Bertz CT molecular complexity index is 1110. The molecule has 0 aromatic carbocycles. The summed E-state index contributed by atoms with van der Waals surface area (Å²) in [6.45, 7) is 0.955. The number of halogens is 5. The Morgan fingerprint density at radius 1 is 1.08 bits per heavy atom. The number of carbonyl (C=O) groups excluding carboxylic acids is 1. The maximum atomic E-state index is 13.6. The number of aromatic nitrogens is 3. The first-order chi connectivity index (χ1) is 16.8. The van der Waals surface area contributed by atoms with Gasteiger partial charge in [-0.2, -0.15) is 13.2 Å². The minimum atomic E-state index is -4.47. The normalized spacial score (nSPS) is 21.1. The average molecular weight is 517 g/mol. The molecule has 4 rings (SSSR count). The van der Waals surface area contributed by atoms with Crippen LogP contribution in [0.1, 0.15) is 75.3 Å². The Balaban J connectivity index is 1.54. The Morgan fingerprint density at radius 3 is 2.25 bits per heavy atom. The molecule has 2 fully saturated rings. The van der Waals surface area contributed by atoms with Crippen LogP contribution in [0.15, 0.2) is 18.5 Å². The highest BCUT2D eigenvalue weighted by atomic mass is 19.4. The van der Waals surface area contributed by atoms with Crippen molar-refractivity contribution in [1.82, 2.24) is 25.0 Å². The standard InChI is InChI=1S/C23H28F5N5O3/c1-12(23(26,27)28)10-17(34)31-18(13-2-3-13)15-6-9-33-11-16(30-20(33)29-15)19(32-21(35)36)14-4-7-22(24,25)8-5-14/h6,9,11-14,18-19,32H,2-5,7-8,10H2,1H3,(H,31,34)(H,35,36)/t12?,18?,19-/m0/s1. The number of imidazole rings is 1. The van der Waals surface area contributed by atoms with Gasteiger partial charge in [-0.3, -0.25) is 9.20 Å². The highest BCUT2D eigenvalue weighted by Gasteiger charge is 2.41. The Kier molecular flexibility index (Phi) is 7.11. The number of carbonyl (C=O) groups is 2. The summed E-state index contributed by atoms with van der Waals surface area (Å²) in [5, 5.41) is 14.4. The van der Waals surface area contributed by atoms with E-state index in [-0.39, 0.29) is 43.3 Å². The highest BCUT2D eigenvalue weighted by Crippen LogP contribution is 2.42. The number of hydrogen-bond donors (Lipinski definition) is 3. The molecular formula is C23H28F5N5O3. The minimum Gasteiger partial charge on any atom is -0.465 e. The summed E-state index contributed by atoms with van der Waals surface area (Å²) < 4.78 is 67.4. The fourth-order valence-electron chi connectivity index (χ4n) is 4.68. The third-order valence-corrected chi connectivity index (χ3v) is 6.98.